The number of hydrogen-bond acceptors (Lipinski definition) is 2. The lowest BCUT2D eigenvalue weighted by Gasteiger charge is -2.08. The summed E-state index contributed by atoms with van der Waals surface area (Å²) in [5.41, 5.74) is 0. The number of likely N-dealkylation sites (tertiary alicyclic amines) is 1. The zero-order chi connectivity index (χ0) is 8.97. The smallest absolute Gasteiger partial charge is 0.132 e. The van der Waals surface area contributed by atoms with Crippen LogP contribution in [-0.4, -0.2) is 30.8 Å². The molecule has 0 radical (unpaired) electrons. The van der Waals surface area contributed by atoms with E-state index >= 15 is 0 Å². The lowest BCUT2D eigenvalue weighted by molar-refractivity contribution is -0.119. The molecule has 0 aromatic rings. The van der Waals surface area contributed by atoms with Crippen LogP contribution < -0.4 is 0 Å². The third-order valence-electron chi connectivity index (χ3n) is 2.71. The van der Waals surface area contributed by atoms with Gasteiger partial charge in [0.1, 0.15) is 5.78 Å². The average Bonchev–Trinajstić information content (AvgIpc) is 2.47. The van der Waals surface area contributed by atoms with Crippen molar-refractivity contribution in [3.8, 4) is 0 Å². The van der Waals surface area contributed by atoms with E-state index in [1.54, 1.807) is 0 Å². The third kappa shape index (κ3) is 2.94. The van der Waals surface area contributed by atoms with Crippen molar-refractivity contribution in [2.75, 3.05) is 20.1 Å². The minimum absolute atomic E-state index is 0.421. The van der Waals surface area contributed by atoms with E-state index in [1.807, 2.05) is 6.92 Å². The van der Waals surface area contributed by atoms with Crippen molar-refractivity contribution in [3.63, 3.8) is 0 Å². The Morgan fingerprint density at radius 3 is 2.83 bits per heavy atom. The molecule has 1 aliphatic rings. The van der Waals surface area contributed by atoms with Gasteiger partial charge < -0.3 is 4.90 Å². The Balaban J connectivity index is 2.11. The van der Waals surface area contributed by atoms with Crippen molar-refractivity contribution in [2.24, 2.45) is 5.92 Å². The Bertz CT molecular complexity index is 156. The largest absolute Gasteiger partial charge is 0.306 e. The second kappa shape index (κ2) is 4.61. The predicted octanol–water partition coefficient (Wildman–Crippen LogP) is 1.70. The van der Waals surface area contributed by atoms with Crippen molar-refractivity contribution < 1.29 is 4.79 Å². The van der Waals surface area contributed by atoms with Gasteiger partial charge in [0.2, 0.25) is 0 Å². The molecular weight excluding hydrogens is 150 g/mol. The van der Waals surface area contributed by atoms with E-state index in [-0.39, 0.29) is 0 Å². The van der Waals surface area contributed by atoms with E-state index < -0.39 is 0 Å². The van der Waals surface area contributed by atoms with Crippen molar-refractivity contribution in [3.05, 3.63) is 0 Å². The molecule has 1 fully saturated rings. The molecule has 0 saturated carbocycles. The first-order chi connectivity index (χ1) is 5.72. The predicted molar refractivity (Wildman–Crippen MR) is 50.1 cm³/mol. The molecule has 0 bridgehead atoms. The Morgan fingerprint density at radius 1 is 1.58 bits per heavy atom. The SMILES string of the molecule is CCC(=O)CCC1CCN(C)C1. The summed E-state index contributed by atoms with van der Waals surface area (Å²) in [6.07, 6.45) is 3.90. The minimum atomic E-state index is 0.421. The molecule has 0 N–H and O–H groups in total. The molecule has 1 rings (SSSR count). The van der Waals surface area contributed by atoms with Crippen LogP contribution in [0, 0.1) is 5.92 Å². The van der Waals surface area contributed by atoms with Crippen LogP contribution in [0.25, 0.3) is 0 Å². The molecule has 70 valence electrons. The third-order valence-corrected chi connectivity index (χ3v) is 2.71. The number of nitrogens with zero attached hydrogens (tertiary/aromatic N) is 1. The highest BCUT2D eigenvalue weighted by atomic mass is 16.1. The molecular formula is C10H19NO. The zero-order valence-corrected chi connectivity index (χ0v) is 8.18. The van der Waals surface area contributed by atoms with Crippen LogP contribution >= 0.6 is 0 Å². The van der Waals surface area contributed by atoms with Gasteiger partial charge in [-0.3, -0.25) is 4.79 Å². The Kier molecular flexibility index (Phi) is 3.73. The van der Waals surface area contributed by atoms with E-state index in [9.17, 15) is 4.79 Å². The quantitative estimate of drug-likeness (QED) is 0.638. The molecule has 2 heteroatoms. The Labute approximate surface area is 74.9 Å². The molecule has 1 unspecified atom stereocenters. The first kappa shape index (κ1) is 9.72. The number of ketones is 1. The normalized spacial score (nSPS) is 24.7. The number of Topliss-reactive ketones (excluding diaryl/α,β-unsaturated/α-hetero) is 1. The molecule has 1 heterocycles. The Morgan fingerprint density at radius 2 is 2.33 bits per heavy atom. The number of carbonyl (C=O) groups excluding carboxylic acids is 1. The van der Waals surface area contributed by atoms with E-state index in [4.69, 9.17) is 0 Å². The second-order valence-electron chi connectivity index (χ2n) is 3.85. The van der Waals surface area contributed by atoms with Crippen molar-refractivity contribution >= 4 is 5.78 Å². The molecule has 0 aromatic carbocycles. The molecule has 1 atom stereocenters. The maximum Gasteiger partial charge on any atom is 0.132 e. The van der Waals surface area contributed by atoms with Gasteiger partial charge in [0, 0.05) is 19.4 Å². The maximum atomic E-state index is 11.0. The van der Waals surface area contributed by atoms with Gasteiger partial charge in [0.05, 0.1) is 0 Å². The van der Waals surface area contributed by atoms with Gasteiger partial charge in [-0.1, -0.05) is 6.92 Å². The summed E-state index contributed by atoms with van der Waals surface area (Å²) in [5.74, 6) is 1.20. The van der Waals surface area contributed by atoms with Crippen molar-refractivity contribution in [1.29, 1.82) is 0 Å². The number of carbonyl (C=O) groups is 1. The molecule has 12 heavy (non-hydrogen) atoms. The lowest BCUT2D eigenvalue weighted by atomic mass is 10.0. The highest BCUT2D eigenvalue weighted by Gasteiger charge is 2.19. The highest BCUT2D eigenvalue weighted by Crippen LogP contribution is 2.19. The van der Waals surface area contributed by atoms with Crippen molar-refractivity contribution in [2.45, 2.75) is 32.6 Å². The summed E-state index contributed by atoms with van der Waals surface area (Å²) in [7, 11) is 2.15. The van der Waals surface area contributed by atoms with E-state index in [1.165, 1.54) is 19.5 Å². The summed E-state index contributed by atoms with van der Waals surface area (Å²) in [6, 6.07) is 0. The van der Waals surface area contributed by atoms with Crippen LogP contribution in [0.1, 0.15) is 32.6 Å². The molecule has 1 saturated heterocycles. The van der Waals surface area contributed by atoms with Crippen LogP contribution in [0.2, 0.25) is 0 Å². The molecule has 0 aromatic heterocycles. The van der Waals surface area contributed by atoms with Crippen molar-refractivity contribution in [1.82, 2.24) is 4.90 Å². The molecule has 2 nitrogen and oxygen atoms in total. The van der Waals surface area contributed by atoms with E-state index in [2.05, 4.69) is 11.9 Å². The first-order valence-electron chi connectivity index (χ1n) is 4.92. The molecule has 0 aliphatic carbocycles. The molecule has 1 aliphatic heterocycles. The van der Waals surface area contributed by atoms with Crippen LogP contribution in [0.3, 0.4) is 0 Å². The van der Waals surface area contributed by atoms with Gasteiger partial charge in [-0.2, -0.15) is 0 Å². The fraction of sp³-hybridized carbons (Fsp3) is 0.900. The van der Waals surface area contributed by atoms with Gasteiger partial charge in [-0.15, -0.1) is 0 Å². The second-order valence-corrected chi connectivity index (χ2v) is 3.85. The molecule has 0 amide bonds. The summed E-state index contributed by atoms with van der Waals surface area (Å²) in [4.78, 5) is 13.4. The number of rotatable bonds is 4. The summed E-state index contributed by atoms with van der Waals surface area (Å²) in [5, 5.41) is 0. The zero-order valence-electron chi connectivity index (χ0n) is 8.18. The van der Waals surface area contributed by atoms with Crippen LogP contribution in [0.5, 0.6) is 0 Å². The topological polar surface area (TPSA) is 20.3 Å². The van der Waals surface area contributed by atoms with Gasteiger partial charge in [0.15, 0.2) is 0 Å². The fourth-order valence-electron chi connectivity index (χ4n) is 1.80. The number of hydrogen-bond donors (Lipinski definition) is 0. The van der Waals surface area contributed by atoms with E-state index in [0.717, 1.165) is 18.8 Å². The minimum Gasteiger partial charge on any atom is -0.306 e. The van der Waals surface area contributed by atoms with Gasteiger partial charge in [0.25, 0.3) is 0 Å². The van der Waals surface area contributed by atoms with Crippen LogP contribution in [-0.2, 0) is 4.79 Å². The fourth-order valence-corrected chi connectivity index (χ4v) is 1.80. The van der Waals surface area contributed by atoms with Crippen LogP contribution in [0.15, 0.2) is 0 Å². The maximum absolute atomic E-state index is 11.0. The average molecular weight is 169 g/mol. The van der Waals surface area contributed by atoms with Crippen LogP contribution in [0.4, 0.5) is 0 Å². The summed E-state index contributed by atoms with van der Waals surface area (Å²) < 4.78 is 0. The van der Waals surface area contributed by atoms with E-state index in [0.29, 0.717) is 12.2 Å². The molecule has 0 spiro atoms. The Hall–Kier alpha value is -0.370. The highest BCUT2D eigenvalue weighted by molar-refractivity contribution is 5.77. The first-order valence-corrected chi connectivity index (χ1v) is 4.92. The standard InChI is InChI=1S/C10H19NO/c1-3-10(12)5-4-9-6-7-11(2)8-9/h9H,3-8H2,1-2H3. The van der Waals surface area contributed by atoms with Gasteiger partial charge in [-0.25, -0.2) is 0 Å². The summed E-state index contributed by atoms with van der Waals surface area (Å²) in [6.45, 7) is 4.35. The lowest BCUT2D eigenvalue weighted by Crippen LogP contribution is -2.14. The monoisotopic (exact) mass is 169 g/mol. The van der Waals surface area contributed by atoms with Gasteiger partial charge >= 0.3 is 0 Å². The summed E-state index contributed by atoms with van der Waals surface area (Å²) >= 11 is 0. The van der Waals surface area contributed by atoms with Gasteiger partial charge in [-0.05, 0) is 32.4 Å².